The minimum absolute atomic E-state index is 0.0259. The van der Waals surface area contributed by atoms with Crippen molar-refractivity contribution in [2.75, 3.05) is 0 Å². The van der Waals surface area contributed by atoms with Crippen LogP contribution in [0.25, 0.3) is 6.08 Å². The van der Waals surface area contributed by atoms with Crippen LogP contribution in [0.3, 0.4) is 0 Å². The van der Waals surface area contributed by atoms with Gasteiger partial charge in [0.05, 0.1) is 18.1 Å². The van der Waals surface area contributed by atoms with Crippen molar-refractivity contribution >= 4 is 12.0 Å². The SMILES string of the molecule is O=C(O)/C=C/c1cnc(OC23CC4CC(CC(C4)C2)C3)cn1. The molecule has 4 aliphatic rings. The summed E-state index contributed by atoms with van der Waals surface area (Å²) < 4.78 is 6.28. The molecule has 0 saturated heterocycles. The van der Waals surface area contributed by atoms with Gasteiger partial charge in [-0.15, -0.1) is 0 Å². The quantitative estimate of drug-likeness (QED) is 0.866. The number of carboxylic acids is 1. The van der Waals surface area contributed by atoms with Crippen LogP contribution in [-0.4, -0.2) is 26.6 Å². The number of hydrogen-bond donors (Lipinski definition) is 1. The summed E-state index contributed by atoms with van der Waals surface area (Å²) in [5, 5.41) is 8.61. The highest BCUT2D eigenvalue weighted by Gasteiger charge is 2.52. The summed E-state index contributed by atoms with van der Waals surface area (Å²) >= 11 is 0. The second-order valence-electron chi connectivity index (χ2n) is 7.15. The highest BCUT2D eigenvalue weighted by Crippen LogP contribution is 2.56. The predicted octanol–water partition coefficient (Wildman–Crippen LogP) is 2.92. The van der Waals surface area contributed by atoms with E-state index in [-0.39, 0.29) is 5.60 Å². The fraction of sp³-hybridized carbons (Fsp3) is 0.588. The third-order valence-electron chi connectivity index (χ3n) is 5.35. The van der Waals surface area contributed by atoms with Crippen LogP contribution in [0.2, 0.25) is 0 Å². The molecule has 5 heteroatoms. The Morgan fingerprint density at radius 2 is 1.77 bits per heavy atom. The maximum absolute atomic E-state index is 10.5. The Morgan fingerprint density at radius 3 is 2.27 bits per heavy atom. The molecule has 0 unspecified atom stereocenters. The van der Waals surface area contributed by atoms with Crippen molar-refractivity contribution in [3.63, 3.8) is 0 Å². The third-order valence-corrected chi connectivity index (χ3v) is 5.35. The zero-order valence-electron chi connectivity index (χ0n) is 12.4. The minimum Gasteiger partial charge on any atom is -0.478 e. The van der Waals surface area contributed by atoms with Crippen molar-refractivity contribution in [3.8, 4) is 5.88 Å². The molecule has 0 spiro atoms. The molecule has 4 aliphatic carbocycles. The van der Waals surface area contributed by atoms with E-state index in [1.807, 2.05) is 0 Å². The van der Waals surface area contributed by atoms with E-state index in [1.165, 1.54) is 25.3 Å². The zero-order valence-corrected chi connectivity index (χ0v) is 12.4. The van der Waals surface area contributed by atoms with E-state index in [4.69, 9.17) is 9.84 Å². The molecule has 5 nitrogen and oxygen atoms in total. The molecular weight excluding hydrogens is 280 g/mol. The zero-order chi connectivity index (χ0) is 15.2. The van der Waals surface area contributed by atoms with E-state index in [1.54, 1.807) is 12.4 Å². The van der Waals surface area contributed by atoms with Gasteiger partial charge in [-0.2, -0.15) is 0 Å². The van der Waals surface area contributed by atoms with Crippen molar-refractivity contribution < 1.29 is 14.6 Å². The molecule has 1 N–H and O–H groups in total. The van der Waals surface area contributed by atoms with Gasteiger partial charge in [0.15, 0.2) is 0 Å². The summed E-state index contributed by atoms with van der Waals surface area (Å²) in [4.78, 5) is 19.0. The van der Waals surface area contributed by atoms with Gasteiger partial charge in [0, 0.05) is 6.08 Å². The Labute approximate surface area is 129 Å². The number of aromatic nitrogens is 2. The Balaban J connectivity index is 1.48. The summed E-state index contributed by atoms with van der Waals surface area (Å²) in [7, 11) is 0. The third kappa shape index (κ3) is 2.60. The Hall–Kier alpha value is -1.91. The number of carboxylic acid groups (broad SMARTS) is 1. The Morgan fingerprint density at radius 1 is 1.14 bits per heavy atom. The number of carbonyl (C=O) groups is 1. The highest BCUT2D eigenvalue weighted by molar-refractivity contribution is 5.84. The maximum atomic E-state index is 10.5. The summed E-state index contributed by atoms with van der Waals surface area (Å²) in [6.07, 6.45) is 13.3. The number of aliphatic carboxylic acids is 1. The topological polar surface area (TPSA) is 72.3 Å². The van der Waals surface area contributed by atoms with Crippen LogP contribution < -0.4 is 4.74 Å². The fourth-order valence-electron chi connectivity index (χ4n) is 5.00. The normalized spacial score (nSPS) is 35.9. The molecule has 0 radical (unpaired) electrons. The van der Waals surface area contributed by atoms with Crippen molar-refractivity contribution in [1.29, 1.82) is 0 Å². The molecule has 22 heavy (non-hydrogen) atoms. The fourth-order valence-corrected chi connectivity index (χ4v) is 5.00. The lowest BCUT2D eigenvalue weighted by Gasteiger charge is -2.55. The van der Waals surface area contributed by atoms with Crippen molar-refractivity contribution in [3.05, 3.63) is 24.2 Å². The first-order valence-corrected chi connectivity index (χ1v) is 8.02. The predicted molar refractivity (Wildman–Crippen MR) is 80.2 cm³/mol. The summed E-state index contributed by atoms with van der Waals surface area (Å²) in [6.45, 7) is 0. The molecular formula is C17H20N2O3. The van der Waals surface area contributed by atoms with Crippen LogP contribution in [0.4, 0.5) is 0 Å². The van der Waals surface area contributed by atoms with Crippen molar-refractivity contribution in [1.82, 2.24) is 9.97 Å². The minimum atomic E-state index is -0.990. The molecule has 4 bridgehead atoms. The maximum Gasteiger partial charge on any atom is 0.328 e. The van der Waals surface area contributed by atoms with E-state index in [9.17, 15) is 4.79 Å². The molecule has 4 saturated carbocycles. The molecule has 0 amide bonds. The lowest BCUT2D eigenvalue weighted by molar-refractivity contribution is -0.131. The van der Waals surface area contributed by atoms with Crippen LogP contribution in [0.1, 0.15) is 44.2 Å². The molecule has 4 fully saturated rings. The van der Waals surface area contributed by atoms with Gasteiger partial charge in [-0.1, -0.05) is 0 Å². The first kappa shape index (κ1) is 13.7. The highest BCUT2D eigenvalue weighted by atomic mass is 16.5. The lowest BCUT2D eigenvalue weighted by atomic mass is 9.54. The van der Waals surface area contributed by atoms with Gasteiger partial charge in [-0.05, 0) is 62.4 Å². The average Bonchev–Trinajstić information content (AvgIpc) is 2.44. The van der Waals surface area contributed by atoms with Gasteiger partial charge in [-0.3, -0.25) is 0 Å². The summed E-state index contributed by atoms with van der Waals surface area (Å²) in [5.74, 6) is 2.07. The molecule has 0 aromatic carbocycles. The van der Waals surface area contributed by atoms with Gasteiger partial charge >= 0.3 is 5.97 Å². The second kappa shape index (κ2) is 5.07. The van der Waals surface area contributed by atoms with E-state index in [0.717, 1.165) is 43.1 Å². The van der Waals surface area contributed by atoms with Gasteiger partial charge in [-0.25, -0.2) is 14.8 Å². The van der Waals surface area contributed by atoms with Crippen LogP contribution in [0.15, 0.2) is 18.5 Å². The largest absolute Gasteiger partial charge is 0.478 e. The molecule has 1 aromatic heterocycles. The molecule has 116 valence electrons. The number of ether oxygens (including phenoxy) is 1. The Kier molecular flexibility index (Phi) is 3.17. The Bertz CT molecular complexity index is 574. The van der Waals surface area contributed by atoms with E-state index in [2.05, 4.69) is 9.97 Å². The average molecular weight is 300 g/mol. The van der Waals surface area contributed by atoms with E-state index >= 15 is 0 Å². The van der Waals surface area contributed by atoms with E-state index in [0.29, 0.717) is 11.6 Å². The standard InChI is InChI=1S/C17H20N2O3/c20-16(21)2-1-14-9-19-15(10-18-14)22-17-6-11-3-12(7-17)5-13(4-11)8-17/h1-2,9-13H,3-8H2,(H,20,21)/b2-1+. The van der Waals surface area contributed by atoms with Crippen LogP contribution in [-0.2, 0) is 4.79 Å². The van der Waals surface area contributed by atoms with Crippen LogP contribution in [0.5, 0.6) is 5.88 Å². The van der Waals surface area contributed by atoms with Crippen molar-refractivity contribution in [2.45, 2.75) is 44.1 Å². The molecule has 0 aliphatic heterocycles. The lowest BCUT2D eigenvalue weighted by Crippen LogP contribution is -2.53. The van der Waals surface area contributed by atoms with Gasteiger partial charge < -0.3 is 9.84 Å². The van der Waals surface area contributed by atoms with Gasteiger partial charge in [0.1, 0.15) is 5.60 Å². The molecule has 1 aromatic rings. The number of hydrogen-bond acceptors (Lipinski definition) is 4. The molecule has 0 atom stereocenters. The van der Waals surface area contributed by atoms with Crippen LogP contribution >= 0.6 is 0 Å². The first-order chi connectivity index (χ1) is 10.6. The summed E-state index contributed by atoms with van der Waals surface area (Å²) in [6, 6.07) is 0. The van der Waals surface area contributed by atoms with Gasteiger partial charge in [0.25, 0.3) is 0 Å². The monoisotopic (exact) mass is 300 g/mol. The summed E-state index contributed by atoms with van der Waals surface area (Å²) in [5.41, 5.74) is 0.502. The van der Waals surface area contributed by atoms with E-state index < -0.39 is 5.97 Å². The smallest absolute Gasteiger partial charge is 0.328 e. The number of rotatable bonds is 4. The molecule has 1 heterocycles. The molecule has 5 rings (SSSR count). The van der Waals surface area contributed by atoms with Crippen LogP contribution in [0, 0.1) is 17.8 Å². The number of nitrogens with zero attached hydrogens (tertiary/aromatic N) is 2. The first-order valence-electron chi connectivity index (χ1n) is 8.02. The van der Waals surface area contributed by atoms with Crippen molar-refractivity contribution in [2.24, 2.45) is 17.8 Å². The second-order valence-corrected chi connectivity index (χ2v) is 7.15. The van der Waals surface area contributed by atoms with Gasteiger partial charge in [0.2, 0.25) is 5.88 Å².